The highest BCUT2D eigenvalue weighted by molar-refractivity contribution is 5.92. The van der Waals surface area contributed by atoms with Crippen molar-refractivity contribution < 1.29 is 9.47 Å². The molecule has 2 aromatic rings. The van der Waals surface area contributed by atoms with E-state index in [9.17, 15) is 10.5 Å². The molecule has 2 aromatic carbocycles. The summed E-state index contributed by atoms with van der Waals surface area (Å²) in [4.78, 5) is 0. The smallest absolute Gasteiger partial charge is 0.168 e. The van der Waals surface area contributed by atoms with Gasteiger partial charge in [-0.05, 0) is 172 Å². The van der Waals surface area contributed by atoms with Gasteiger partial charge in [-0.15, -0.1) is 0 Å². The molecule has 228 valence electrons. The van der Waals surface area contributed by atoms with E-state index >= 15 is 0 Å². The van der Waals surface area contributed by atoms with Crippen LogP contribution in [-0.2, 0) is 0 Å². The number of hydrogen-bond donors (Lipinski definition) is 0. The van der Waals surface area contributed by atoms with Crippen molar-refractivity contribution >= 4 is 10.8 Å². The monoisotopic (exact) mass is 594 g/mol. The zero-order valence-corrected chi connectivity index (χ0v) is 26.8. The lowest BCUT2D eigenvalue weighted by molar-refractivity contribution is -0.390. The molecule has 9 saturated carbocycles. The maximum atomic E-state index is 9.88. The SMILES string of the molecule is COc1ccc2cc3c(cc2c1OC)C1CC3C2C3CC(C12)C1C3C2(C)C3C4CC(C5C6CCC(C6=C(C#N)C#N)C45)C3C12C. The number of benzene rings is 2. The summed E-state index contributed by atoms with van der Waals surface area (Å²) in [6, 6.07) is 14.0. The Morgan fingerprint density at radius 1 is 0.689 bits per heavy atom. The Labute approximate surface area is 266 Å². The van der Waals surface area contributed by atoms with Gasteiger partial charge in [0.25, 0.3) is 0 Å². The van der Waals surface area contributed by atoms with E-state index in [0.29, 0.717) is 28.2 Å². The Kier molecular flexibility index (Phi) is 4.15. The number of rotatable bonds is 2. The number of nitrogens with zero attached hydrogens (tertiary/aromatic N) is 2. The molecule has 9 fully saturated rings. The topological polar surface area (TPSA) is 66.0 Å². The van der Waals surface area contributed by atoms with Crippen LogP contribution in [0.1, 0.15) is 68.9 Å². The first-order chi connectivity index (χ1) is 21.9. The van der Waals surface area contributed by atoms with Crippen LogP contribution in [0.25, 0.3) is 10.8 Å². The zero-order valence-electron chi connectivity index (χ0n) is 26.8. The van der Waals surface area contributed by atoms with Crippen molar-refractivity contribution in [1.29, 1.82) is 10.5 Å². The summed E-state index contributed by atoms with van der Waals surface area (Å²) in [6.45, 7) is 5.57. The molecule has 0 heterocycles. The Bertz CT molecular complexity index is 1900. The predicted molar refractivity (Wildman–Crippen MR) is 169 cm³/mol. The minimum absolute atomic E-state index is 0.491. The molecule has 10 aliphatic carbocycles. The van der Waals surface area contributed by atoms with Crippen molar-refractivity contribution in [2.45, 2.75) is 57.8 Å². The fraction of sp³-hybridized carbons (Fsp3) is 0.659. The zero-order chi connectivity index (χ0) is 30.0. The van der Waals surface area contributed by atoms with Gasteiger partial charge in [0.1, 0.15) is 17.7 Å². The molecule has 18 atom stereocenters. The lowest BCUT2D eigenvalue weighted by Crippen LogP contribution is -2.82. The molecule has 8 bridgehead atoms. The van der Waals surface area contributed by atoms with Crippen LogP contribution in [0.2, 0.25) is 0 Å². The van der Waals surface area contributed by atoms with Crippen molar-refractivity contribution in [2.24, 2.45) is 93.7 Å². The molecule has 45 heavy (non-hydrogen) atoms. The summed E-state index contributed by atoms with van der Waals surface area (Å²) in [5, 5.41) is 22.3. The van der Waals surface area contributed by atoms with E-state index in [2.05, 4.69) is 50.3 Å². The lowest BCUT2D eigenvalue weighted by atomic mass is 9.18. The molecule has 0 N–H and O–H groups in total. The van der Waals surface area contributed by atoms with Crippen LogP contribution in [0.5, 0.6) is 11.5 Å². The Morgan fingerprint density at radius 2 is 1.20 bits per heavy atom. The average Bonchev–Trinajstić information content (AvgIpc) is 3.92. The number of methoxy groups -OCH3 is 2. The second-order valence-corrected chi connectivity index (χ2v) is 17.9. The Hall–Kier alpha value is -2.98. The van der Waals surface area contributed by atoms with Gasteiger partial charge in [-0.25, -0.2) is 0 Å². The molecule has 0 spiro atoms. The summed E-state index contributed by atoms with van der Waals surface area (Å²) in [7, 11) is 3.52. The van der Waals surface area contributed by atoms with Crippen molar-refractivity contribution in [1.82, 2.24) is 0 Å². The third kappa shape index (κ3) is 2.21. The lowest BCUT2D eigenvalue weighted by Gasteiger charge is -2.85. The third-order valence-corrected chi connectivity index (χ3v) is 18.3. The second kappa shape index (κ2) is 7.43. The van der Waals surface area contributed by atoms with Crippen LogP contribution < -0.4 is 9.47 Å². The van der Waals surface area contributed by atoms with E-state index in [1.807, 2.05) is 0 Å². The maximum Gasteiger partial charge on any atom is 0.168 e. The van der Waals surface area contributed by atoms with Gasteiger partial charge < -0.3 is 9.47 Å². The summed E-state index contributed by atoms with van der Waals surface area (Å²) in [5.74, 6) is 14.7. The van der Waals surface area contributed by atoms with Gasteiger partial charge in [0, 0.05) is 5.39 Å². The van der Waals surface area contributed by atoms with Crippen LogP contribution in [0, 0.1) is 116 Å². The molecule has 0 radical (unpaired) electrons. The fourth-order valence-corrected chi connectivity index (χ4v) is 18.1. The number of ether oxygens (including phenoxy) is 2. The summed E-state index contributed by atoms with van der Waals surface area (Å²) in [6.07, 6.45) is 6.80. The molecular weight excluding hydrogens is 552 g/mol. The highest BCUT2D eigenvalue weighted by atomic mass is 16.5. The highest BCUT2D eigenvalue weighted by Gasteiger charge is 2.92. The van der Waals surface area contributed by atoms with Crippen LogP contribution in [0.3, 0.4) is 0 Å². The van der Waals surface area contributed by atoms with Crippen molar-refractivity contribution in [3.05, 3.63) is 46.5 Å². The molecular formula is C41H42N2O2. The van der Waals surface area contributed by atoms with Crippen molar-refractivity contribution in [3.8, 4) is 23.6 Å². The van der Waals surface area contributed by atoms with E-state index in [4.69, 9.17) is 9.47 Å². The van der Waals surface area contributed by atoms with E-state index in [-0.39, 0.29) is 0 Å². The first kappa shape index (κ1) is 25.2. The third-order valence-electron chi connectivity index (χ3n) is 18.3. The van der Waals surface area contributed by atoms with E-state index in [1.165, 1.54) is 48.4 Å². The Morgan fingerprint density at radius 3 is 1.69 bits per heavy atom. The predicted octanol–water partition coefficient (Wildman–Crippen LogP) is 8.09. The molecule has 4 heteroatoms. The molecule has 0 aliphatic heterocycles. The quantitative estimate of drug-likeness (QED) is 0.260. The molecule has 18 unspecified atom stereocenters. The molecule has 0 saturated heterocycles. The first-order valence-corrected chi connectivity index (χ1v) is 18.1. The highest BCUT2D eigenvalue weighted by Crippen LogP contribution is 2.96. The van der Waals surface area contributed by atoms with Gasteiger partial charge in [0.05, 0.1) is 14.2 Å². The van der Waals surface area contributed by atoms with Crippen LogP contribution in [0.4, 0.5) is 0 Å². The second-order valence-electron chi connectivity index (χ2n) is 17.9. The Balaban J connectivity index is 0.931. The van der Waals surface area contributed by atoms with Crippen molar-refractivity contribution in [2.75, 3.05) is 14.2 Å². The van der Waals surface area contributed by atoms with E-state index in [1.54, 1.807) is 25.3 Å². The standard InChI is InChI=1S/C41H42N2O2/c1-40-35-25-12-26(32-19-7-6-18(31(25)32)30(19)17(14-42)15-43)36(35)41(40,2)38-28-13-27(37(38)40)33-23-11-24(34(28)33)22-10-20-16(9-21(22)23)5-8-29(44-3)39(20)45-4/h5,8-10,18-19,23-28,31-38H,6-7,11-13H2,1-4H3. The van der Waals surface area contributed by atoms with Gasteiger partial charge in [-0.1, -0.05) is 26.0 Å². The van der Waals surface area contributed by atoms with Gasteiger partial charge in [-0.2, -0.15) is 10.5 Å². The normalized spacial score (nSPS) is 54.8. The first-order valence-electron chi connectivity index (χ1n) is 18.1. The van der Waals surface area contributed by atoms with Crippen LogP contribution in [-0.4, -0.2) is 14.2 Å². The molecule has 12 rings (SSSR count). The molecule has 10 aliphatic rings. The number of nitriles is 2. The number of hydrogen-bond acceptors (Lipinski definition) is 4. The van der Waals surface area contributed by atoms with Crippen molar-refractivity contribution in [3.63, 3.8) is 0 Å². The summed E-state index contributed by atoms with van der Waals surface area (Å²) >= 11 is 0. The summed E-state index contributed by atoms with van der Waals surface area (Å²) in [5.41, 5.74) is 6.12. The molecule has 0 amide bonds. The number of fused-ring (bicyclic) bond motifs is 33. The van der Waals surface area contributed by atoms with Gasteiger partial charge in [0.15, 0.2) is 11.5 Å². The minimum Gasteiger partial charge on any atom is -0.493 e. The largest absolute Gasteiger partial charge is 0.493 e. The number of allylic oxidation sites excluding steroid dienone is 2. The molecule has 0 aromatic heterocycles. The average molecular weight is 595 g/mol. The van der Waals surface area contributed by atoms with Crippen LogP contribution >= 0.6 is 0 Å². The van der Waals surface area contributed by atoms with E-state index in [0.717, 1.165) is 94.3 Å². The van der Waals surface area contributed by atoms with Gasteiger partial charge in [-0.3, -0.25) is 0 Å². The van der Waals surface area contributed by atoms with Gasteiger partial charge in [0.2, 0.25) is 0 Å². The fourth-order valence-electron chi connectivity index (χ4n) is 18.1. The molecule has 4 nitrogen and oxygen atoms in total. The maximum absolute atomic E-state index is 9.88. The van der Waals surface area contributed by atoms with Crippen LogP contribution in [0.15, 0.2) is 35.4 Å². The summed E-state index contributed by atoms with van der Waals surface area (Å²) < 4.78 is 11.6. The minimum atomic E-state index is 0.491. The van der Waals surface area contributed by atoms with E-state index < -0.39 is 0 Å². The van der Waals surface area contributed by atoms with Gasteiger partial charge >= 0.3 is 0 Å².